The Balaban J connectivity index is 0.00000300. The van der Waals surface area contributed by atoms with Crippen LogP contribution in [0.5, 0.6) is 5.75 Å². The van der Waals surface area contributed by atoms with Gasteiger partial charge >= 0.3 is 0 Å². The van der Waals surface area contributed by atoms with E-state index >= 15 is 0 Å². The number of ether oxygens (including phenoxy) is 1. The van der Waals surface area contributed by atoms with Crippen molar-refractivity contribution >= 4 is 18.3 Å². The number of aryl methyl sites for hydroxylation is 1. The molecular weight excluding hydrogens is 392 g/mol. The van der Waals surface area contributed by atoms with E-state index in [1.807, 2.05) is 30.1 Å². The minimum absolute atomic E-state index is 0. The third-order valence-corrected chi connectivity index (χ3v) is 6.03. The van der Waals surface area contributed by atoms with E-state index in [1.54, 1.807) is 0 Å². The van der Waals surface area contributed by atoms with Crippen molar-refractivity contribution in [2.24, 2.45) is 0 Å². The molecule has 1 aromatic carbocycles. The van der Waals surface area contributed by atoms with Gasteiger partial charge in [-0.25, -0.2) is 0 Å². The summed E-state index contributed by atoms with van der Waals surface area (Å²) in [5.74, 6) is 0.544. The Morgan fingerprint density at radius 1 is 1.07 bits per heavy atom. The summed E-state index contributed by atoms with van der Waals surface area (Å²) in [6, 6.07) is 6.04. The van der Waals surface area contributed by atoms with Crippen LogP contribution in [0.3, 0.4) is 0 Å². The molecule has 164 valence electrons. The second-order valence-corrected chi connectivity index (χ2v) is 8.09. The van der Waals surface area contributed by atoms with E-state index < -0.39 is 12.2 Å². The predicted molar refractivity (Wildman–Crippen MR) is 116 cm³/mol. The summed E-state index contributed by atoms with van der Waals surface area (Å²) in [7, 11) is 1.86. The van der Waals surface area contributed by atoms with Gasteiger partial charge in [-0.2, -0.15) is 0 Å². The van der Waals surface area contributed by atoms with Crippen molar-refractivity contribution in [3.05, 3.63) is 29.3 Å². The van der Waals surface area contributed by atoms with Gasteiger partial charge in [-0.1, -0.05) is 18.6 Å². The highest BCUT2D eigenvalue weighted by atomic mass is 35.5. The van der Waals surface area contributed by atoms with Crippen molar-refractivity contribution in [2.75, 3.05) is 26.7 Å². The standard InChI is InChI=1S/C22H34N2O4.ClH/c1-24(17-9-6-10-17)22(27)18-11-5-8-16-7-3-2-4-13-23-14-12-19(25)20(26)15-28-21(16)18;/h5,8,11,17,19-20,23,25-26H,2-4,6-7,9-10,12-15H2,1H3;1H/t19-,20+;/m0./s1. The zero-order valence-electron chi connectivity index (χ0n) is 17.3. The second kappa shape index (κ2) is 11.7. The Morgan fingerprint density at radius 3 is 2.59 bits per heavy atom. The fourth-order valence-corrected chi connectivity index (χ4v) is 3.84. The van der Waals surface area contributed by atoms with Gasteiger partial charge in [-0.15, -0.1) is 12.4 Å². The molecule has 7 heteroatoms. The molecular formula is C22H35ClN2O4. The number of hydrogen-bond donors (Lipinski definition) is 3. The molecule has 1 amide bonds. The summed E-state index contributed by atoms with van der Waals surface area (Å²) in [5.41, 5.74) is 1.56. The first-order chi connectivity index (χ1) is 13.6. The van der Waals surface area contributed by atoms with E-state index in [1.165, 1.54) is 6.42 Å². The van der Waals surface area contributed by atoms with Gasteiger partial charge in [0.25, 0.3) is 5.91 Å². The SMILES string of the molecule is CN(C(=O)c1cccc2c1OC[C@@H](O)[C@@H](O)CCNCCCCC2)C1CCC1.Cl. The normalized spacial score (nSPS) is 24.1. The molecule has 29 heavy (non-hydrogen) atoms. The number of benzene rings is 1. The quantitative estimate of drug-likeness (QED) is 0.677. The molecule has 3 N–H and O–H groups in total. The number of fused-ring (bicyclic) bond motifs is 1. The number of aliphatic hydroxyl groups is 2. The molecule has 1 saturated carbocycles. The number of para-hydroxylation sites is 1. The average Bonchev–Trinajstić information content (AvgIpc) is 2.65. The lowest BCUT2D eigenvalue weighted by Gasteiger charge is -2.35. The maximum absolute atomic E-state index is 13.1. The molecule has 2 atom stereocenters. The summed E-state index contributed by atoms with van der Waals surface area (Å²) >= 11 is 0. The topological polar surface area (TPSA) is 82.0 Å². The molecule has 0 spiro atoms. The van der Waals surface area contributed by atoms with Crippen molar-refractivity contribution in [1.82, 2.24) is 10.2 Å². The van der Waals surface area contributed by atoms with Gasteiger partial charge in [0.2, 0.25) is 0 Å². The Bertz CT molecular complexity index is 654. The minimum atomic E-state index is -0.981. The van der Waals surface area contributed by atoms with Crippen LogP contribution in [0.25, 0.3) is 0 Å². The number of nitrogens with zero attached hydrogens (tertiary/aromatic N) is 1. The predicted octanol–water partition coefficient (Wildman–Crippen LogP) is 2.54. The van der Waals surface area contributed by atoms with Crippen LogP contribution >= 0.6 is 12.4 Å². The van der Waals surface area contributed by atoms with Crippen LogP contribution in [0.15, 0.2) is 18.2 Å². The van der Waals surface area contributed by atoms with Crippen molar-refractivity contribution in [1.29, 1.82) is 0 Å². The van der Waals surface area contributed by atoms with E-state index in [0.717, 1.165) is 50.6 Å². The highest BCUT2D eigenvalue weighted by molar-refractivity contribution is 5.97. The molecule has 3 rings (SSSR count). The van der Waals surface area contributed by atoms with Crippen LogP contribution in [-0.4, -0.2) is 66.0 Å². The van der Waals surface area contributed by atoms with E-state index in [9.17, 15) is 15.0 Å². The van der Waals surface area contributed by atoms with Crippen molar-refractivity contribution in [3.8, 4) is 5.75 Å². The first kappa shape index (κ1) is 23.9. The number of hydrogen-bond acceptors (Lipinski definition) is 5. The number of amides is 1. The molecule has 0 bridgehead atoms. The number of halogens is 1. The number of carbonyl (C=O) groups is 1. The van der Waals surface area contributed by atoms with Gasteiger partial charge in [0.15, 0.2) is 0 Å². The minimum Gasteiger partial charge on any atom is -0.490 e. The molecule has 2 aliphatic rings. The van der Waals surface area contributed by atoms with Crippen molar-refractivity contribution < 1.29 is 19.7 Å². The summed E-state index contributed by atoms with van der Waals surface area (Å²) in [5, 5.41) is 23.8. The largest absolute Gasteiger partial charge is 0.490 e. The smallest absolute Gasteiger partial charge is 0.257 e. The molecule has 6 nitrogen and oxygen atoms in total. The van der Waals surface area contributed by atoms with E-state index in [-0.39, 0.29) is 24.9 Å². The molecule has 0 aromatic heterocycles. The van der Waals surface area contributed by atoms with Gasteiger partial charge in [0.1, 0.15) is 18.5 Å². The highest BCUT2D eigenvalue weighted by Gasteiger charge is 2.29. The maximum atomic E-state index is 13.1. The van der Waals surface area contributed by atoms with E-state index in [2.05, 4.69) is 5.32 Å². The molecule has 1 aliphatic heterocycles. The maximum Gasteiger partial charge on any atom is 0.257 e. The molecule has 0 unspecified atom stereocenters. The van der Waals surface area contributed by atoms with Crippen molar-refractivity contribution in [3.63, 3.8) is 0 Å². The van der Waals surface area contributed by atoms with Crippen LogP contribution in [0, 0.1) is 0 Å². The van der Waals surface area contributed by atoms with E-state index in [0.29, 0.717) is 30.3 Å². The Hall–Kier alpha value is -1.34. The first-order valence-electron chi connectivity index (χ1n) is 10.7. The van der Waals surface area contributed by atoms with Crippen LogP contribution < -0.4 is 10.1 Å². The lowest BCUT2D eigenvalue weighted by Crippen LogP contribution is -2.41. The third-order valence-electron chi connectivity index (χ3n) is 6.03. The summed E-state index contributed by atoms with van der Waals surface area (Å²) in [6.07, 6.45) is 5.95. The Kier molecular flexibility index (Phi) is 9.69. The lowest BCUT2D eigenvalue weighted by molar-refractivity contribution is -0.0116. The molecule has 0 radical (unpaired) electrons. The van der Waals surface area contributed by atoms with Gasteiger partial charge < -0.3 is 25.2 Å². The van der Waals surface area contributed by atoms with Crippen LogP contribution in [0.4, 0.5) is 0 Å². The summed E-state index contributed by atoms with van der Waals surface area (Å²) in [6.45, 7) is 1.56. The number of aliphatic hydroxyl groups excluding tert-OH is 2. The number of nitrogens with one attached hydrogen (secondary N) is 1. The molecule has 1 aromatic rings. The van der Waals surface area contributed by atoms with Gasteiger partial charge in [0.05, 0.1) is 11.7 Å². The molecule has 1 aliphatic carbocycles. The zero-order chi connectivity index (χ0) is 19.9. The fraction of sp³-hybridized carbons (Fsp3) is 0.682. The fourth-order valence-electron chi connectivity index (χ4n) is 3.84. The van der Waals surface area contributed by atoms with Gasteiger partial charge in [0, 0.05) is 13.1 Å². The van der Waals surface area contributed by atoms with Crippen LogP contribution in [0.2, 0.25) is 0 Å². The average molecular weight is 427 g/mol. The van der Waals surface area contributed by atoms with Gasteiger partial charge in [-0.3, -0.25) is 4.79 Å². The zero-order valence-corrected chi connectivity index (χ0v) is 18.1. The first-order valence-corrected chi connectivity index (χ1v) is 10.7. The van der Waals surface area contributed by atoms with E-state index in [4.69, 9.17) is 4.74 Å². The van der Waals surface area contributed by atoms with Crippen molar-refractivity contribution in [2.45, 2.75) is 69.6 Å². The lowest BCUT2D eigenvalue weighted by atomic mass is 9.91. The summed E-state index contributed by atoms with van der Waals surface area (Å²) < 4.78 is 5.97. The van der Waals surface area contributed by atoms with Crippen LogP contribution in [-0.2, 0) is 6.42 Å². The monoisotopic (exact) mass is 426 g/mol. The second-order valence-electron chi connectivity index (χ2n) is 8.09. The Labute approximate surface area is 180 Å². The third kappa shape index (κ3) is 6.32. The molecule has 0 saturated heterocycles. The number of rotatable bonds is 2. The molecule has 1 heterocycles. The van der Waals surface area contributed by atoms with Crippen LogP contribution in [0.1, 0.15) is 60.9 Å². The molecule has 1 fully saturated rings. The highest BCUT2D eigenvalue weighted by Crippen LogP contribution is 2.30. The summed E-state index contributed by atoms with van der Waals surface area (Å²) in [4.78, 5) is 14.9. The number of carbonyl (C=O) groups excluding carboxylic acids is 1. The van der Waals surface area contributed by atoms with Gasteiger partial charge in [-0.05, 0) is 69.7 Å². The Morgan fingerprint density at radius 2 is 1.86 bits per heavy atom.